The Morgan fingerprint density at radius 1 is 1.33 bits per heavy atom. The summed E-state index contributed by atoms with van der Waals surface area (Å²) in [4.78, 5) is 11.7. The third-order valence-corrected chi connectivity index (χ3v) is 2.91. The van der Waals surface area contributed by atoms with E-state index in [-0.39, 0.29) is 5.97 Å². The van der Waals surface area contributed by atoms with Gasteiger partial charge in [0.2, 0.25) is 0 Å². The maximum Gasteiger partial charge on any atom is 0.310 e. The summed E-state index contributed by atoms with van der Waals surface area (Å²) in [6.45, 7) is 5.61. The molecule has 0 radical (unpaired) electrons. The molecule has 3 nitrogen and oxygen atoms in total. The Bertz CT molecular complexity index is 498. The van der Waals surface area contributed by atoms with Gasteiger partial charge in [-0.1, -0.05) is 18.2 Å². The Morgan fingerprint density at radius 3 is 2.72 bits per heavy atom. The summed E-state index contributed by atoms with van der Waals surface area (Å²) in [5.41, 5.74) is 3.45. The molecule has 0 amide bonds. The largest absolute Gasteiger partial charge is 0.460 e. The first-order valence-corrected chi connectivity index (χ1v) is 6.26. The minimum absolute atomic E-state index is 0.199. The van der Waals surface area contributed by atoms with E-state index in [0.29, 0.717) is 12.1 Å². The number of aryl methyl sites for hydroxylation is 1. The first kappa shape index (κ1) is 12.8. The highest BCUT2D eigenvalue weighted by molar-refractivity contribution is 6.02. The Balaban J connectivity index is 2.08. The molecule has 0 unspecified atom stereocenters. The molecule has 1 aliphatic rings. The molecule has 0 heterocycles. The van der Waals surface area contributed by atoms with Crippen LogP contribution in [0.1, 0.15) is 43.9 Å². The number of benzene rings is 1. The van der Waals surface area contributed by atoms with Crippen molar-refractivity contribution in [1.29, 1.82) is 5.41 Å². The number of carbonyl (C=O) groups is 1. The zero-order chi connectivity index (χ0) is 13.3. The van der Waals surface area contributed by atoms with Crippen LogP contribution in [0.3, 0.4) is 0 Å². The fourth-order valence-electron chi connectivity index (χ4n) is 2.20. The summed E-state index contributed by atoms with van der Waals surface area (Å²) < 4.78 is 5.30. The number of nitrogens with one attached hydrogen (secondary N) is 1. The number of rotatable bonds is 2. The van der Waals surface area contributed by atoms with E-state index in [1.165, 1.54) is 5.56 Å². The molecule has 0 saturated carbocycles. The van der Waals surface area contributed by atoms with E-state index >= 15 is 0 Å². The molecule has 0 fully saturated rings. The van der Waals surface area contributed by atoms with Crippen molar-refractivity contribution in [3.05, 3.63) is 34.9 Å². The standard InChI is InChI=1S/C15H19NO2/c1-15(2,3)18-14(17)9-10-4-6-12-11(8-10)5-7-13(12)16/h4,6,8,16H,5,7,9H2,1-3H3. The first-order valence-electron chi connectivity index (χ1n) is 6.26. The summed E-state index contributed by atoms with van der Waals surface area (Å²) in [6, 6.07) is 5.90. The zero-order valence-electron chi connectivity index (χ0n) is 11.2. The number of hydrogen-bond acceptors (Lipinski definition) is 3. The lowest BCUT2D eigenvalue weighted by Crippen LogP contribution is -2.24. The van der Waals surface area contributed by atoms with E-state index in [9.17, 15) is 4.79 Å². The molecular weight excluding hydrogens is 226 g/mol. The summed E-state index contributed by atoms with van der Waals surface area (Å²) in [7, 11) is 0. The van der Waals surface area contributed by atoms with Gasteiger partial charge in [0.1, 0.15) is 5.60 Å². The highest BCUT2D eigenvalue weighted by Crippen LogP contribution is 2.23. The molecule has 0 atom stereocenters. The molecule has 0 aromatic heterocycles. The van der Waals surface area contributed by atoms with Crippen molar-refractivity contribution in [2.24, 2.45) is 0 Å². The van der Waals surface area contributed by atoms with Crippen molar-refractivity contribution in [1.82, 2.24) is 0 Å². The van der Waals surface area contributed by atoms with Gasteiger partial charge in [0, 0.05) is 5.71 Å². The lowest BCUT2D eigenvalue weighted by molar-refractivity contribution is -0.153. The lowest BCUT2D eigenvalue weighted by atomic mass is 10.0. The summed E-state index contributed by atoms with van der Waals surface area (Å²) >= 11 is 0. The quantitative estimate of drug-likeness (QED) is 0.814. The molecule has 0 aliphatic heterocycles. The normalized spacial score (nSPS) is 14.5. The van der Waals surface area contributed by atoms with E-state index in [0.717, 1.165) is 24.0 Å². The van der Waals surface area contributed by atoms with Crippen molar-refractivity contribution >= 4 is 11.7 Å². The Morgan fingerprint density at radius 2 is 2.06 bits per heavy atom. The molecule has 0 bridgehead atoms. The third-order valence-electron chi connectivity index (χ3n) is 2.91. The minimum atomic E-state index is -0.435. The van der Waals surface area contributed by atoms with Crippen LogP contribution in [-0.2, 0) is 22.4 Å². The van der Waals surface area contributed by atoms with Crippen LogP contribution in [0, 0.1) is 5.41 Å². The molecule has 1 N–H and O–H groups in total. The predicted octanol–water partition coefficient (Wildman–Crippen LogP) is 2.88. The smallest absolute Gasteiger partial charge is 0.310 e. The Hall–Kier alpha value is -1.64. The third kappa shape index (κ3) is 2.97. The molecule has 1 aromatic carbocycles. The average molecular weight is 245 g/mol. The van der Waals surface area contributed by atoms with Gasteiger partial charge in [-0.05, 0) is 50.3 Å². The van der Waals surface area contributed by atoms with Crippen LogP contribution in [0.2, 0.25) is 0 Å². The number of fused-ring (bicyclic) bond motifs is 1. The molecular formula is C15H19NO2. The van der Waals surface area contributed by atoms with Gasteiger partial charge in [-0.15, -0.1) is 0 Å². The second kappa shape index (κ2) is 4.56. The molecule has 0 saturated heterocycles. The maximum atomic E-state index is 11.7. The highest BCUT2D eigenvalue weighted by Gasteiger charge is 2.19. The Labute approximate surface area is 108 Å². The molecule has 2 rings (SSSR count). The van der Waals surface area contributed by atoms with Gasteiger partial charge in [0.25, 0.3) is 0 Å². The van der Waals surface area contributed by atoms with Crippen LogP contribution in [0.5, 0.6) is 0 Å². The Kier molecular flexibility index (Phi) is 3.24. The predicted molar refractivity (Wildman–Crippen MR) is 71.1 cm³/mol. The number of esters is 1. The highest BCUT2D eigenvalue weighted by atomic mass is 16.6. The van der Waals surface area contributed by atoms with E-state index in [2.05, 4.69) is 0 Å². The van der Waals surface area contributed by atoms with Gasteiger partial charge in [-0.3, -0.25) is 4.79 Å². The average Bonchev–Trinajstić information content (AvgIpc) is 2.57. The van der Waals surface area contributed by atoms with Gasteiger partial charge >= 0.3 is 5.97 Å². The van der Waals surface area contributed by atoms with Crippen LogP contribution >= 0.6 is 0 Å². The zero-order valence-corrected chi connectivity index (χ0v) is 11.2. The van der Waals surface area contributed by atoms with Crippen molar-refractivity contribution in [2.75, 3.05) is 0 Å². The van der Waals surface area contributed by atoms with E-state index in [4.69, 9.17) is 10.1 Å². The second-order valence-electron chi connectivity index (χ2n) is 5.73. The molecule has 1 aromatic rings. The fraction of sp³-hybridized carbons (Fsp3) is 0.467. The van der Waals surface area contributed by atoms with Crippen LogP contribution in [0.15, 0.2) is 18.2 Å². The fourth-order valence-corrected chi connectivity index (χ4v) is 2.20. The first-order chi connectivity index (χ1) is 8.35. The number of ether oxygens (including phenoxy) is 1. The van der Waals surface area contributed by atoms with Crippen molar-refractivity contribution in [3.8, 4) is 0 Å². The number of carbonyl (C=O) groups excluding carboxylic acids is 1. The SMILES string of the molecule is CC(C)(C)OC(=O)Cc1ccc2c(c1)CCC2=N. The van der Waals surface area contributed by atoms with E-state index < -0.39 is 5.60 Å². The topological polar surface area (TPSA) is 50.2 Å². The van der Waals surface area contributed by atoms with Gasteiger partial charge in [0.15, 0.2) is 0 Å². The van der Waals surface area contributed by atoms with Crippen LogP contribution in [-0.4, -0.2) is 17.3 Å². The molecule has 18 heavy (non-hydrogen) atoms. The monoisotopic (exact) mass is 245 g/mol. The molecule has 0 spiro atoms. The van der Waals surface area contributed by atoms with Crippen molar-refractivity contribution < 1.29 is 9.53 Å². The van der Waals surface area contributed by atoms with Crippen molar-refractivity contribution in [2.45, 2.75) is 45.6 Å². The summed E-state index contributed by atoms with van der Waals surface area (Å²) in [5, 5.41) is 7.77. The molecule has 96 valence electrons. The van der Waals surface area contributed by atoms with Gasteiger partial charge < -0.3 is 10.1 Å². The van der Waals surface area contributed by atoms with Crippen LogP contribution in [0.4, 0.5) is 0 Å². The number of hydrogen-bond donors (Lipinski definition) is 1. The van der Waals surface area contributed by atoms with E-state index in [1.54, 1.807) is 0 Å². The summed E-state index contributed by atoms with van der Waals surface area (Å²) in [5.74, 6) is -0.199. The van der Waals surface area contributed by atoms with Crippen molar-refractivity contribution in [3.63, 3.8) is 0 Å². The summed E-state index contributed by atoms with van der Waals surface area (Å²) in [6.07, 6.45) is 2.03. The van der Waals surface area contributed by atoms with Crippen LogP contribution < -0.4 is 0 Å². The molecule has 3 heteroatoms. The van der Waals surface area contributed by atoms with E-state index in [1.807, 2.05) is 39.0 Å². The van der Waals surface area contributed by atoms with Crippen LogP contribution in [0.25, 0.3) is 0 Å². The lowest BCUT2D eigenvalue weighted by Gasteiger charge is -2.19. The second-order valence-corrected chi connectivity index (χ2v) is 5.73. The minimum Gasteiger partial charge on any atom is -0.460 e. The maximum absolute atomic E-state index is 11.7. The van der Waals surface area contributed by atoms with Gasteiger partial charge in [0.05, 0.1) is 6.42 Å². The molecule has 1 aliphatic carbocycles. The van der Waals surface area contributed by atoms with Gasteiger partial charge in [-0.2, -0.15) is 0 Å². The van der Waals surface area contributed by atoms with Gasteiger partial charge in [-0.25, -0.2) is 0 Å².